The largest absolute Gasteiger partial charge is 0.502 e. The summed E-state index contributed by atoms with van der Waals surface area (Å²) < 4.78 is 20.3. The van der Waals surface area contributed by atoms with Crippen molar-refractivity contribution in [2.24, 2.45) is 0 Å². The van der Waals surface area contributed by atoms with E-state index < -0.39 is 5.97 Å². The summed E-state index contributed by atoms with van der Waals surface area (Å²) in [6, 6.07) is 6.03. The number of esters is 1. The lowest BCUT2D eigenvalue weighted by Crippen LogP contribution is -2.09. The minimum absolute atomic E-state index is 0.0672. The first kappa shape index (κ1) is 19.2. The molecule has 0 saturated carbocycles. The fourth-order valence-corrected chi connectivity index (χ4v) is 2.33. The fourth-order valence-electron chi connectivity index (χ4n) is 2.33. The van der Waals surface area contributed by atoms with Crippen molar-refractivity contribution in [3.63, 3.8) is 0 Å². The van der Waals surface area contributed by atoms with Crippen LogP contribution in [0.5, 0.6) is 29.0 Å². The molecule has 2 rings (SSSR count). The van der Waals surface area contributed by atoms with E-state index in [0.29, 0.717) is 11.4 Å². The standard InChI is InChI=1S/C18H21NO7/c1-10(12-5-6-15(24-3)19-17(12)21)9-26-14-8-11(18(22)25-4)7-13(23-2)16(14)20/h5-8,10,20H,9H2,1-4H3,(H,19,21). The number of phenols is 1. The molecule has 0 radical (unpaired) electrons. The van der Waals surface area contributed by atoms with Crippen LogP contribution < -0.4 is 14.2 Å². The summed E-state index contributed by atoms with van der Waals surface area (Å²) in [5.41, 5.74) is 0.736. The quantitative estimate of drug-likeness (QED) is 0.723. The number of hydrogen-bond donors (Lipinski definition) is 2. The molecule has 140 valence electrons. The number of aromatic hydroxyl groups is 2. The summed E-state index contributed by atoms with van der Waals surface area (Å²) in [6.45, 7) is 1.94. The average molecular weight is 363 g/mol. The van der Waals surface area contributed by atoms with Gasteiger partial charge in [0.15, 0.2) is 11.5 Å². The van der Waals surface area contributed by atoms with Crippen molar-refractivity contribution in [3.8, 4) is 29.0 Å². The molecule has 0 aliphatic rings. The van der Waals surface area contributed by atoms with Gasteiger partial charge in [0.1, 0.15) is 0 Å². The number of ether oxygens (including phenoxy) is 4. The van der Waals surface area contributed by atoms with E-state index >= 15 is 0 Å². The zero-order valence-corrected chi connectivity index (χ0v) is 15.0. The summed E-state index contributed by atoms with van der Waals surface area (Å²) in [5.74, 6) is -0.775. The highest BCUT2D eigenvalue weighted by atomic mass is 16.5. The molecule has 8 heteroatoms. The third kappa shape index (κ3) is 4.08. The maximum Gasteiger partial charge on any atom is 0.338 e. The van der Waals surface area contributed by atoms with Gasteiger partial charge >= 0.3 is 5.97 Å². The lowest BCUT2D eigenvalue weighted by Gasteiger charge is -2.17. The van der Waals surface area contributed by atoms with Crippen LogP contribution in [0.15, 0.2) is 24.3 Å². The first-order valence-electron chi connectivity index (χ1n) is 7.77. The normalized spacial score (nSPS) is 11.5. The highest BCUT2D eigenvalue weighted by molar-refractivity contribution is 5.91. The molecule has 1 aromatic heterocycles. The average Bonchev–Trinajstić information content (AvgIpc) is 2.65. The zero-order valence-electron chi connectivity index (χ0n) is 15.0. The Morgan fingerprint density at radius 1 is 1.12 bits per heavy atom. The van der Waals surface area contributed by atoms with E-state index in [9.17, 15) is 15.0 Å². The number of methoxy groups -OCH3 is 3. The number of benzene rings is 1. The predicted octanol–water partition coefficient (Wildman–Crippen LogP) is 2.48. The molecule has 0 amide bonds. The Bertz CT molecular complexity index is 791. The number of rotatable bonds is 7. The van der Waals surface area contributed by atoms with Crippen molar-refractivity contribution in [1.82, 2.24) is 4.98 Å². The number of nitrogens with zero attached hydrogens (tertiary/aromatic N) is 1. The maximum atomic E-state index is 11.7. The van der Waals surface area contributed by atoms with E-state index in [1.54, 1.807) is 12.1 Å². The Hall–Kier alpha value is -3.16. The molecule has 1 unspecified atom stereocenters. The maximum absolute atomic E-state index is 11.7. The van der Waals surface area contributed by atoms with Gasteiger partial charge in [0, 0.05) is 17.5 Å². The summed E-state index contributed by atoms with van der Waals surface area (Å²) in [7, 11) is 4.08. The minimum Gasteiger partial charge on any atom is -0.502 e. The smallest absolute Gasteiger partial charge is 0.338 e. The van der Waals surface area contributed by atoms with Crippen LogP contribution in [0.1, 0.15) is 28.8 Å². The monoisotopic (exact) mass is 363 g/mol. The van der Waals surface area contributed by atoms with Crippen molar-refractivity contribution in [3.05, 3.63) is 35.4 Å². The molecular formula is C18H21NO7. The highest BCUT2D eigenvalue weighted by Crippen LogP contribution is 2.38. The lowest BCUT2D eigenvalue weighted by molar-refractivity contribution is 0.0599. The Labute approximate surface area is 150 Å². The van der Waals surface area contributed by atoms with E-state index in [1.165, 1.54) is 33.5 Å². The van der Waals surface area contributed by atoms with E-state index in [-0.39, 0.29) is 41.2 Å². The number of carbonyl (C=O) groups excluding carboxylic acids is 1. The van der Waals surface area contributed by atoms with Gasteiger partial charge in [-0.15, -0.1) is 0 Å². The van der Waals surface area contributed by atoms with Crippen molar-refractivity contribution >= 4 is 5.97 Å². The van der Waals surface area contributed by atoms with Crippen molar-refractivity contribution in [2.75, 3.05) is 27.9 Å². The number of phenolic OH excluding ortho intramolecular Hbond substituents is 1. The molecule has 2 N–H and O–H groups in total. The van der Waals surface area contributed by atoms with E-state index in [2.05, 4.69) is 9.72 Å². The summed E-state index contributed by atoms with van der Waals surface area (Å²) in [5, 5.41) is 20.2. The molecule has 0 aliphatic heterocycles. The van der Waals surface area contributed by atoms with Crippen molar-refractivity contribution < 1.29 is 34.0 Å². The van der Waals surface area contributed by atoms with Crippen LogP contribution in [0.25, 0.3) is 0 Å². The van der Waals surface area contributed by atoms with Crippen LogP contribution in [0.2, 0.25) is 0 Å². The SMILES string of the molecule is COC(=O)c1cc(OC)c(O)c(OCC(C)c2ccc(OC)nc2O)c1. The van der Waals surface area contributed by atoms with Crippen LogP contribution in [0.3, 0.4) is 0 Å². The van der Waals surface area contributed by atoms with Gasteiger partial charge in [0.2, 0.25) is 17.5 Å². The highest BCUT2D eigenvalue weighted by Gasteiger charge is 2.19. The molecule has 0 fully saturated rings. The second-order valence-corrected chi connectivity index (χ2v) is 5.50. The van der Waals surface area contributed by atoms with Gasteiger partial charge in [0.05, 0.1) is 33.5 Å². The molecule has 0 bridgehead atoms. The van der Waals surface area contributed by atoms with Crippen LogP contribution in [0.4, 0.5) is 0 Å². The van der Waals surface area contributed by atoms with Gasteiger partial charge in [-0.2, -0.15) is 4.98 Å². The van der Waals surface area contributed by atoms with Crippen LogP contribution in [-0.2, 0) is 4.74 Å². The molecular weight excluding hydrogens is 342 g/mol. The van der Waals surface area contributed by atoms with Crippen molar-refractivity contribution in [2.45, 2.75) is 12.8 Å². The molecule has 26 heavy (non-hydrogen) atoms. The van der Waals surface area contributed by atoms with Gasteiger partial charge in [-0.25, -0.2) is 4.79 Å². The van der Waals surface area contributed by atoms with Gasteiger partial charge < -0.3 is 29.2 Å². The Morgan fingerprint density at radius 2 is 1.81 bits per heavy atom. The Balaban J connectivity index is 2.21. The molecule has 1 aromatic carbocycles. The van der Waals surface area contributed by atoms with Gasteiger partial charge in [0.25, 0.3) is 0 Å². The van der Waals surface area contributed by atoms with Gasteiger partial charge in [-0.05, 0) is 18.2 Å². The Kier molecular flexibility index (Phi) is 6.11. The third-order valence-corrected chi connectivity index (χ3v) is 3.79. The summed E-state index contributed by atoms with van der Waals surface area (Å²) in [4.78, 5) is 15.6. The summed E-state index contributed by atoms with van der Waals surface area (Å²) in [6.07, 6.45) is 0. The molecule has 1 atom stereocenters. The second-order valence-electron chi connectivity index (χ2n) is 5.50. The van der Waals surface area contributed by atoms with E-state index in [4.69, 9.17) is 14.2 Å². The number of carbonyl (C=O) groups is 1. The number of pyridine rings is 1. The van der Waals surface area contributed by atoms with E-state index in [0.717, 1.165) is 0 Å². The molecule has 0 spiro atoms. The second kappa shape index (κ2) is 8.28. The first-order valence-corrected chi connectivity index (χ1v) is 7.77. The van der Waals surface area contributed by atoms with Crippen LogP contribution in [-0.4, -0.2) is 49.1 Å². The molecule has 2 aromatic rings. The zero-order chi connectivity index (χ0) is 19.3. The van der Waals surface area contributed by atoms with Crippen LogP contribution in [0, 0.1) is 0 Å². The molecule has 0 saturated heterocycles. The topological polar surface area (TPSA) is 107 Å². The van der Waals surface area contributed by atoms with Crippen molar-refractivity contribution in [1.29, 1.82) is 0 Å². The number of aromatic nitrogens is 1. The van der Waals surface area contributed by atoms with Gasteiger partial charge in [-0.1, -0.05) is 6.92 Å². The van der Waals surface area contributed by atoms with Gasteiger partial charge in [-0.3, -0.25) is 0 Å². The summed E-state index contributed by atoms with van der Waals surface area (Å²) >= 11 is 0. The predicted molar refractivity (Wildman–Crippen MR) is 92.4 cm³/mol. The lowest BCUT2D eigenvalue weighted by atomic mass is 10.0. The molecule has 8 nitrogen and oxygen atoms in total. The van der Waals surface area contributed by atoms with Crippen LogP contribution >= 0.6 is 0 Å². The molecule has 1 heterocycles. The third-order valence-electron chi connectivity index (χ3n) is 3.79. The first-order chi connectivity index (χ1) is 12.4. The minimum atomic E-state index is -0.585. The number of hydrogen-bond acceptors (Lipinski definition) is 8. The Morgan fingerprint density at radius 3 is 2.38 bits per heavy atom. The molecule has 0 aliphatic carbocycles. The fraction of sp³-hybridized carbons (Fsp3) is 0.333. The van der Waals surface area contributed by atoms with E-state index in [1.807, 2.05) is 6.92 Å².